The summed E-state index contributed by atoms with van der Waals surface area (Å²) >= 11 is 0. The van der Waals surface area contributed by atoms with Gasteiger partial charge in [-0.1, -0.05) is 19.1 Å². The highest BCUT2D eigenvalue weighted by molar-refractivity contribution is 5.46. The number of ether oxygens (including phenoxy) is 1. The van der Waals surface area contributed by atoms with Gasteiger partial charge in [0.15, 0.2) is 0 Å². The van der Waals surface area contributed by atoms with E-state index in [2.05, 4.69) is 37.1 Å². The van der Waals surface area contributed by atoms with E-state index in [9.17, 15) is 0 Å². The Bertz CT molecular complexity index is 611. The van der Waals surface area contributed by atoms with Crippen molar-refractivity contribution in [3.05, 3.63) is 46.9 Å². The summed E-state index contributed by atoms with van der Waals surface area (Å²) in [4.78, 5) is 9.35. The Kier molecular flexibility index (Phi) is 5.14. The Labute approximate surface area is 126 Å². The standard InChI is InChI=1S/C17H23N3O/c1-5-15-12(3)17(18-6-2)20-16(19-15)11-13-8-7-9-14(10-13)21-4/h7-10H,5-6,11H2,1-4H3,(H,18,19,20). The first kappa shape index (κ1) is 15.3. The number of aromatic nitrogens is 2. The van der Waals surface area contributed by atoms with E-state index in [-0.39, 0.29) is 0 Å². The third kappa shape index (κ3) is 3.72. The first-order valence-electron chi connectivity index (χ1n) is 7.41. The third-order valence-electron chi connectivity index (χ3n) is 3.47. The maximum absolute atomic E-state index is 5.27. The molecule has 2 aromatic rings. The number of hydrogen-bond acceptors (Lipinski definition) is 4. The van der Waals surface area contributed by atoms with Gasteiger partial charge in [0, 0.05) is 24.2 Å². The van der Waals surface area contributed by atoms with Crippen LogP contribution in [0.5, 0.6) is 5.75 Å². The fourth-order valence-corrected chi connectivity index (χ4v) is 2.34. The zero-order valence-corrected chi connectivity index (χ0v) is 13.2. The number of aryl methyl sites for hydroxylation is 1. The Hall–Kier alpha value is -2.10. The van der Waals surface area contributed by atoms with Crippen molar-refractivity contribution in [2.45, 2.75) is 33.6 Å². The highest BCUT2D eigenvalue weighted by Crippen LogP contribution is 2.19. The second-order valence-electron chi connectivity index (χ2n) is 4.97. The Balaban J connectivity index is 2.32. The zero-order valence-electron chi connectivity index (χ0n) is 13.2. The van der Waals surface area contributed by atoms with Crippen molar-refractivity contribution in [1.82, 2.24) is 9.97 Å². The fraction of sp³-hybridized carbons (Fsp3) is 0.412. The molecule has 112 valence electrons. The molecular formula is C17H23N3O. The molecule has 0 amide bonds. The molecule has 1 aromatic heterocycles. The minimum Gasteiger partial charge on any atom is -0.497 e. The van der Waals surface area contributed by atoms with Crippen molar-refractivity contribution in [1.29, 1.82) is 0 Å². The monoisotopic (exact) mass is 285 g/mol. The predicted octanol–water partition coefficient (Wildman–Crippen LogP) is 3.38. The van der Waals surface area contributed by atoms with Gasteiger partial charge in [-0.25, -0.2) is 9.97 Å². The molecule has 0 spiro atoms. The molecule has 0 atom stereocenters. The molecule has 0 radical (unpaired) electrons. The maximum atomic E-state index is 5.27. The first-order valence-corrected chi connectivity index (χ1v) is 7.41. The normalized spacial score (nSPS) is 10.5. The van der Waals surface area contributed by atoms with E-state index in [4.69, 9.17) is 9.72 Å². The van der Waals surface area contributed by atoms with Crippen LogP contribution in [-0.2, 0) is 12.8 Å². The van der Waals surface area contributed by atoms with E-state index in [1.165, 1.54) is 0 Å². The Morgan fingerprint density at radius 1 is 1.19 bits per heavy atom. The van der Waals surface area contributed by atoms with E-state index in [1.807, 2.05) is 18.2 Å². The van der Waals surface area contributed by atoms with Crippen molar-refractivity contribution in [3.63, 3.8) is 0 Å². The molecule has 0 aliphatic carbocycles. The van der Waals surface area contributed by atoms with Gasteiger partial charge in [0.25, 0.3) is 0 Å². The zero-order chi connectivity index (χ0) is 15.2. The lowest BCUT2D eigenvalue weighted by molar-refractivity contribution is 0.414. The Morgan fingerprint density at radius 2 is 2.00 bits per heavy atom. The molecule has 1 heterocycles. The number of anilines is 1. The number of rotatable bonds is 6. The third-order valence-corrected chi connectivity index (χ3v) is 3.47. The van der Waals surface area contributed by atoms with E-state index in [0.29, 0.717) is 6.42 Å². The lowest BCUT2D eigenvalue weighted by Crippen LogP contribution is -2.09. The highest BCUT2D eigenvalue weighted by Gasteiger charge is 2.10. The molecular weight excluding hydrogens is 262 g/mol. The van der Waals surface area contributed by atoms with Crippen LogP contribution in [0.15, 0.2) is 24.3 Å². The summed E-state index contributed by atoms with van der Waals surface area (Å²) in [6.07, 6.45) is 1.63. The topological polar surface area (TPSA) is 47.0 Å². The van der Waals surface area contributed by atoms with Gasteiger partial charge in [0.2, 0.25) is 0 Å². The average Bonchev–Trinajstić information content (AvgIpc) is 2.50. The van der Waals surface area contributed by atoms with Crippen LogP contribution in [0.25, 0.3) is 0 Å². The molecule has 0 bridgehead atoms. The van der Waals surface area contributed by atoms with E-state index < -0.39 is 0 Å². The van der Waals surface area contributed by atoms with Gasteiger partial charge in [-0.2, -0.15) is 0 Å². The Morgan fingerprint density at radius 3 is 2.67 bits per heavy atom. The van der Waals surface area contributed by atoms with Crippen molar-refractivity contribution >= 4 is 5.82 Å². The largest absolute Gasteiger partial charge is 0.497 e. The van der Waals surface area contributed by atoms with Gasteiger partial charge in [0.05, 0.1) is 7.11 Å². The summed E-state index contributed by atoms with van der Waals surface area (Å²) in [5.41, 5.74) is 3.41. The molecule has 0 fully saturated rings. The van der Waals surface area contributed by atoms with Crippen molar-refractivity contribution in [2.75, 3.05) is 19.0 Å². The number of nitrogens with one attached hydrogen (secondary N) is 1. The van der Waals surface area contributed by atoms with Crippen molar-refractivity contribution < 1.29 is 4.74 Å². The summed E-state index contributed by atoms with van der Waals surface area (Å²) in [5.74, 6) is 2.66. The predicted molar refractivity (Wildman–Crippen MR) is 86.1 cm³/mol. The number of methoxy groups -OCH3 is 1. The van der Waals surface area contributed by atoms with Crippen LogP contribution in [0.3, 0.4) is 0 Å². The molecule has 0 aliphatic heterocycles. The van der Waals surface area contributed by atoms with Gasteiger partial charge in [-0.3, -0.25) is 0 Å². The molecule has 2 rings (SSSR count). The maximum Gasteiger partial charge on any atom is 0.135 e. The summed E-state index contributed by atoms with van der Waals surface area (Å²) in [7, 11) is 1.68. The summed E-state index contributed by atoms with van der Waals surface area (Å²) in [5, 5.41) is 3.32. The molecule has 0 unspecified atom stereocenters. The van der Waals surface area contributed by atoms with Crippen LogP contribution in [-0.4, -0.2) is 23.6 Å². The first-order chi connectivity index (χ1) is 10.2. The van der Waals surface area contributed by atoms with Crippen LogP contribution < -0.4 is 10.1 Å². The quantitative estimate of drug-likeness (QED) is 0.884. The van der Waals surface area contributed by atoms with Crippen LogP contribution in [0, 0.1) is 6.92 Å². The molecule has 0 saturated carbocycles. The number of hydrogen-bond donors (Lipinski definition) is 1. The van der Waals surface area contributed by atoms with Crippen molar-refractivity contribution in [2.24, 2.45) is 0 Å². The van der Waals surface area contributed by atoms with E-state index in [1.54, 1.807) is 7.11 Å². The summed E-state index contributed by atoms with van der Waals surface area (Å²) < 4.78 is 5.27. The molecule has 1 N–H and O–H groups in total. The van der Waals surface area contributed by atoms with Gasteiger partial charge in [-0.05, 0) is 38.0 Å². The molecule has 4 nitrogen and oxygen atoms in total. The minimum atomic E-state index is 0.711. The average molecular weight is 285 g/mol. The molecule has 21 heavy (non-hydrogen) atoms. The molecule has 0 saturated heterocycles. The molecule has 0 aliphatic rings. The fourth-order valence-electron chi connectivity index (χ4n) is 2.34. The summed E-state index contributed by atoms with van der Waals surface area (Å²) in [6, 6.07) is 8.04. The minimum absolute atomic E-state index is 0.711. The second kappa shape index (κ2) is 7.07. The van der Waals surface area contributed by atoms with Crippen LogP contribution in [0.1, 0.15) is 36.5 Å². The van der Waals surface area contributed by atoms with Crippen LogP contribution in [0.2, 0.25) is 0 Å². The number of nitrogens with zero attached hydrogens (tertiary/aromatic N) is 2. The molecule has 4 heteroatoms. The van der Waals surface area contributed by atoms with E-state index >= 15 is 0 Å². The molecule has 1 aromatic carbocycles. The van der Waals surface area contributed by atoms with Crippen LogP contribution in [0.4, 0.5) is 5.82 Å². The SMILES string of the molecule is CCNc1nc(Cc2cccc(OC)c2)nc(CC)c1C. The number of benzene rings is 1. The van der Waals surface area contributed by atoms with Gasteiger partial charge in [0.1, 0.15) is 17.4 Å². The lowest BCUT2D eigenvalue weighted by Gasteiger charge is -2.12. The summed E-state index contributed by atoms with van der Waals surface area (Å²) in [6.45, 7) is 7.14. The smallest absolute Gasteiger partial charge is 0.135 e. The van der Waals surface area contributed by atoms with Crippen LogP contribution >= 0.6 is 0 Å². The van der Waals surface area contributed by atoms with E-state index in [0.717, 1.165) is 47.2 Å². The van der Waals surface area contributed by atoms with Crippen molar-refractivity contribution in [3.8, 4) is 5.75 Å². The van der Waals surface area contributed by atoms with Gasteiger partial charge >= 0.3 is 0 Å². The van der Waals surface area contributed by atoms with Gasteiger partial charge in [-0.15, -0.1) is 0 Å². The van der Waals surface area contributed by atoms with Gasteiger partial charge < -0.3 is 10.1 Å². The second-order valence-corrected chi connectivity index (χ2v) is 4.97. The lowest BCUT2D eigenvalue weighted by atomic mass is 10.1. The highest BCUT2D eigenvalue weighted by atomic mass is 16.5.